The van der Waals surface area contributed by atoms with E-state index in [1.807, 2.05) is 18.7 Å². The lowest BCUT2D eigenvalue weighted by Crippen LogP contribution is -2.27. The number of rotatable bonds is 2. The molecule has 0 spiro atoms. The van der Waals surface area contributed by atoms with Crippen molar-refractivity contribution in [1.29, 1.82) is 0 Å². The van der Waals surface area contributed by atoms with Crippen LogP contribution in [0.25, 0.3) is 0 Å². The largest absolute Gasteiger partial charge is 0.451 e. The summed E-state index contributed by atoms with van der Waals surface area (Å²) in [6.07, 6.45) is 1.61. The standard InChI is InChI=1S/C19H19FN2O3/c1-19(2)14-7-8-21-17(16(14)18(24)25-19)22-10-13(23)9-15(22)11-3-5-12(20)6-4-11/h3-8,13,15,23H,9-10H2,1-2H3/t13-,15+/m1/s1. The van der Waals surface area contributed by atoms with E-state index in [0.717, 1.165) is 11.1 Å². The first kappa shape index (κ1) is 16.0. The normalized spacial score (nSPS) is 24.3. The number of carbonyl (C=O) groups excluding carboxylic acids is 1. The number of hydrogen-bond acceptors (Lipinski definition) is 5. The number of ether oxygens (including phenoxy) is 1. The fourth-order valence-electron chi connectivity index (χ4n) is 3.76. The molecule has 2 aliphatic rings. The minimum Gasteiger partial charge on any atom is -0.451 e. The van der Waals surface area contributed by atoms with Gasteiger partial charge in [0.05, 0.1) is 12.1 Å². The summed E-state index contributed by atoms with van der Waals surface area (Å²) in [5.41, 5.74) is 1.42. The number of halogens is 1. The average molecular weight is 342 g/mol. The van der Waals surface area contributed by atoms with E-state index in [2.05, 4.69) is 4.98 Å². The molecule has 3 heterocycles. The average Bonchev–Trinajstić information content (AvgIpc) is 3.06. The van der Waals surface area contributed by atoms with Crippen LogP contribution in [0, 0.1) is 5.82 Å². The summed E-state index contributed by atoms with van der Waals surface area (Å²) in [7, 11) is 0. The van der Waals surface area contributed by atoms with Crippen molar-refractivity contribution in [1.82, 2.24) is 4.98 Å². The van der Waals surface area contributed by atoms with Gasteiger partial charge in [-0.1, -0.05) is 12.1 Å². The van der Waals surface area contributed by atoms with Crippen LogP contribution in [0.1, 0.15) is 47.8 Å². The Bertz CT molecular complexity index is 835. The Balaban J connectivity index is 1.80. The number of aromatic nitrogens is 1. The maximum atomic E-state index is 13.3. The maximum absolute atomic E-state index is 13.3. The molecule has 1 aromatic carbocycles. The molecule has 2 aliphatic heterocycles. The zero-order valence-corrected chi connectivity index (χ0v) is 14.1. The Labute approximate surface area is 145 Å². The number of esters is 1. The molecule has 25 heavy (non-hydrogen) atoms. The SMILES string of the molecule is CC1(C)OC(=O)c2c1ccnc2N1C[C@H](O)C[C@H]1c1ccc(F)cc1. The van der Waals surface area contributed by atoms with E-state index in [-0.39, 0.29) is 11.9 Å². The predicted octanol–water partition coefficient (Wildman–Crippen LogP) is 2.94. The molecular weight excluding hydrogens is 323 g/mol. The van der Waals surface area contributed by atoms with Crippen molar-refractivity contribution < 1.29 is 19.0 Å². The first-order valence-corrected chi connectivity index (χ1v) is 8.30. The third kappa shape index (κ3) is 2.57. The molecule has 0 amide bonds. The highest BCUT2D eigenvalue weighted by Gasteiger charge is 2.43. The second kappa shape index (κ2) is 5.52. The van der Waals surface area contributed by atoms with Crippen LogP contribution < -0.4 is 4.90 Å². The molecule has 1 fully saturated rings. The molecule has 0 radical (unpaired) electrons. The summed E-state index contributed by atoms with van der Waals surface area (Å²) in [4.78, 5) is 18.8. The van der Waals surface area contributed by atoms with Gasteiger partial charge < -0.3 is 14.7 Å². The summed E-state index contributed by atoms with van der Waals surface area (Å²) in [5, 5.41) is 10.2. The quantitative estimate of drug-likeness (QED) is 0.850. The monoisotopic (exact) mass is 342 g/mol. The number of aliphatic hydroxyl groups is 1. The number of carbonyl (C=O) groups is 1. The van der Waals surface area contributed by atoms with Crippen LogP contribution in [-0.2, 0) is 10.3 Å². The molecule has 6 heteroatoms. The van der Waals surface area contributed by atoms with Crippen molar-refractivity contribution in [3.8, 4) is 0 Å². The van der Waals surface area contributed by atoms with E-state index in [4.69, 9.17) is 4.74 Å². The molecule has 130 valence electrons. The fraction of sp³-hybridized carbons (Fsp3) is 0.368. The number of aliphatic hydroxyl groups excluding tert-OH is 1. The summed E-state index contributed by atoms with van der Waals surface area (Å²) in [6, 6.07) is 7.83. The molecule has 0 saturated carbocycles. The van der Waals surface area contributed by atoms with Crippen molar-refractivity contribution in [3.63, 3.8) is 0 Å². The molecule has 1 N–H and O–H groups in total. The van der Waals surface area contributed by atoms with Crippen LogP contribution in [0.15, 0.2) is 36.5 Å². The van der Waals surface area contributed by atoms with Gasteiger partial charge in [-0.05, 0) is 44.0 Å². The number of nitrogens with zero attached hydrogens (tertiary/aromatic N) is 2. The Hall–Kier alpha value is -2.47. The van der Waals surface area contributed by atoms with Gasteiger partial charge >= 0.3 is 5.97 Å². The first-order valence-electron chi connectivity index (χ1n) is 8.30. The Morgan fingerprint density at radius 3 is 2.72 bits per heavy atom. The van der Waals surface area contributed by atoms with E-state index in [0.29, 0.717) is 24.3 Å². The van der Waals surface area contributed by atoms with Gasteiger partial charge in [0.2, 0.25) is 0 Å². The third-order valence-corrected chi connectivity index (χ3v) is 4.94. The highest BCUT2D eigenvalue weighted by atomic mass is 19.1. The van der Waals surface area contributed by atoms with Gasteiger partial charge in [0.15, 0.2) is 0 Å². The second-order valence-corrected chi connectivity index (χ2v) is 7.07. The molecule has 0 unspecified atom stereocenters. The minimum atomic E-state index is -0.701. The van der Waals surface area contributed by atoms with E-state index < -0.39 is 17.7 Å². The number of hydrogen-bond donors (Lipinski definition) is 1. The maximum Gasteiger partial charge on any atom is 0.343 e. The lowest BCUT2D eigenvalue weighted by molar-refractivity contribution is 0.00956. The van der Waals surface area contributed by atoms with Crippen molar-refractivity contribution in [3.05, 3.63) is 59.0 Å². The van der Waals surface area contributed by atoms with Gasteiger partial charge in [-0.3, -0.25) is 0 Å². The number of β-amino-alcohol motifs (C(OH)–C–C–N with tert-alkyl or cyclic N) is 1. The van der Waals surface area contributed by atoms with Crippen LogP contribution in [0.5, 0.6) is 0 Å². The van der Waals surface area contributed by atoms with Gasteiger partial charge in [0, 0.05) is 18.3 Å². The third-order valence-electron chi connectivity index (χ3n) is 4.94. The Morgan fingerprint density at radius 2 is 2.00 bits per heavy atom. The number of fused-ring (bicyclic) bond motifs is 1. The van der Waals surface area contributed by atoms with E-state index in [1.165, 1.54) is 12.1 Å². The second-order valence-electron chi connectivity index (χ2n) is 7.07. The van der Waals surface area contributed by atoms with Crippen LogP contribution in [-0.4, -0.2) is 28.7 Å². The molecule has 0 bridgehead atoms. The zero-order chi connectivity index (χ0) is 17.8. The Morgan fingerprint density at radius 1 is 1.28 bits per heavy atom. The number of cyclic esters (lactones) is 1. The van der Waals surface area contributed by atoms with Crippen LogP contribution in [0.4, 0.5) is 10.2 Å². The van der Waals surface area contributed by atoms with Gasteiger partial charge in [-0.2, -0.15) is 0 Å². The molecule has 5 nitrogen and oxygen atoms in total. The Kier molecular flexibility index (Phi) is 3.54. The van der Waals surface area contributed by atoms with Crippen LogP contribution >= 0.6 is 0 Å². The van der Waals surface area contributed by atoms with Gasteiger partial charge in [0.1, 0.15) is 22.8 Å². The van der Waals surface area contributed by atoms with E-state index >= 15 is 0 Å². The fourth-order valence-corrected chi connectivity index (χ4v) is 3.76. The van der Waals surface area contributed by atoms with Crippen LogP contribution in [0.3, 0.4) is 0 Å². The van der Waals surface area contributed by atoms with Gasteiger partial charge in [-0.15, -0.1) is 0 Å². The summed E-state index contributed by atoms with van der Waals surface area (Å²) < 4.78 is 18.7. The lowest BCUT2D eigenvalue weighted by atomic mass is 9.96. The topological polar surface area (TPSA) is 62.7 Å². The molecule has 1 aromatic heterocycles. The van der Waals surface area contributed by atoms with Crippen molar-refractivity contribution in [2.24, 2.45) is 0 Å². The van der Waals surface area contributed by atoms with Crippen molar-refractivity contribution >= 4 is 11.8 Å². The smallest absolute Gasteiger partial charge is 0.343 e. The molecule has 0 aliphatic carbocycles. The van der Waals surface area contributed by atoms with Crippen molar-refractivity contribution in [2.45, 2.75) is 38.0 Å². The molecule has 2 aromatic rings. The highest BCUT2D eigenvalue weighted by molar-refractivity contribution is 5.99. The molecule has 1 saturated heterocycles. The number of benzene rings is 1. The first-order chi connectivity index (χ1) is 11.9. The number of anilines is 1. The van der Waals surface area contributed by atoms with Gasteiger partial charge in [0.25, 0.3) is 0 Å². The highest BCUT2D eigenvalue weighted by Crippen LogP contribution is 2.43. The lowest BCUT2D eigenvalue weighted by Gasteiger charge is -2.27. The molecule has 2 atom stereocenters. The van der Waals surface area contributed by atoms with Crippen molar-refractivity contribution in [2.75, 3.05) is 11.4 Å². The molecule has 4 rings (SSSR count). The summed E-state index contributed by atoms with van der Waals surface area (Å²) in [5.74, 6) is -0.195. The predicted molar refractivity (Wildman–Crippen MR) is 89.8 cm³/mol. The van der Waals surface area contributed by atoms with E-state index in [9.17, 15) is 14.3 Å². The van der Waals surface area contributed by atoms with E-state index in [1.54, 1.807) is 24.4 Å². The summed E-state index contributed by atoms with van der Waals surface area (Å²) in [6.45, 7) is 4.05. The summed E-state index contributed by atoms with van der Waals surface area (Å²) >= 11 is 0. The minimum absolute atomic E-state index is 0.175. The number of pyridine rings is 1. The zero-order valence-electron chi connectivity index (χ0n) is 14.1. The van der Waals surface area contributed by atoms with Gasteiger partial charge in [-0.25, -0.2) is 14.2 Å². The molecular formula is C19H19FN2O3. The van der Waals surface area contributed by atoms with Crippen LogP contribution in [0.2, 0.25) is 0 Å².